The van der Waals surface area contributed by atoms with Crippen LogP contribution in [-0.2, 0) is 6.54 Å². The summed E-state index contributed by atoms with van der Waals surface area (Å²) in [4.78, 5) is 2.40. The number of likely N-dealkylation sites (tertiary alicyclic amines) is 1. The van der Waals surface area contributed by atoms with Gasteiger partial charge in [-0.15, -0.1) is 11.6 Å². The molecule has 0 spiro atoms. The Morgan fingerprint density at radius 1 is 1.35 bits per heavy atom. The van der Waals surface area contributed by atoms with Crippen molar-refractivity contribution in [3.63, 3.8) is 0 Å². The maximum atomic E-state index is 6.21. The SMILES string of the molecule is CC1CCN(Cc2cccc(Cl)c2Cl)C1CCl. The van der Waals surface area contributed by atoms with Crippen molar-refractivity contribution in [3.05, 3.63) is 33.8 Å². The maximum Gasteiger partial charge on any atom is 0.0637 e. The van der Waals surface area contributed by atoms with E-state index in [1.807, 2.05) is 18.2 Å². The van der Waals surface area contributed by atoms with Crippen molar-refractivity contribution in [1.82, 2.24) is 4.90 Å². The van der Waals surface area contributed by atoms with E-state index in [1.165, 1.54) is 6.42 Å². The van der Waals surface area contributed by atoms with Crippen LogP contribution in [0, 0.1) is 5.92 Å². The van der Waals surface area contributed by atoms with Crippen molar-refractivity contribution in [2.75, 3.05) is 12.4 Å². The molecule has 2 atom stereocenters. The minimum absolute atomic E-state index is 0.451. The lowest BCUT2D eigenvalue weighted by Crippen LogP contribution is -2.33. The monoisotopic (exact) mass is 291 g/mol. The highest BCUT2D eigenvalue weighted by molar-refractivity contribution is 6.42. The molecule has 1 aliphatic rings. The third-order valence-corrected chi connectivity index (χ3v) is 4.73. The molecule has 0 aromatic heterocycles. The molecule has 0 aliphatic carbocycles. The Hall–Kier alpha value is 0.0500. The van der Waals surface area contributed by atoms with Crippen LogP contribution in [0.5, 0.6) is 0 Å². The highest BCUT2D eigenvalue weighted by Crippen LogP contribution is 2.31. The van der Waals surface area contributed by atoms with Crippen molar-refractivity contribution in [2.24, 2.45) is 5.92 Å². The Bertz CT molecular complexity index is 394. The van der Waals surface area contributed by atoms with Crippen molar-refractivity contribution >= 4 is 34.8 Å². The number of hydrogen-bond donors (Lipinski definition) is 0. The van der Waals surface area contributed by atoms with E-state index in [9.17, 15) is 0 Å². The number of rotatable bonds is 3. The van der Waals surface area contributed by atoms with Gasteiger partial charge in [0.2, 0.25) is 0 Å². The maximum absolute atomic E-state index is 6.21. The van der Waals surface area contributed by atoms with Gasteiger partial charge < -0.3 is 0 Å². The van der Waals surface area contributed by atoms with Crippen LogP contribution in [0.1, 0.15) is 18.9 Å². The largest absolute Gasteiger partial charge is 0.295 e. The molecule has 94 valence electrons. The summed E-state index contributed by atoms with van der Waals surface area (Å²) in [6, 6.07) is 6.24. The first-order valence-electron chi connectivity index (χ1n) is 5.86. The van der Waals surface area contributed by atoms with Crippen LogP contribution in [0.15, 0.2) is 18.2 Å². The Labute approximate surface area is 118 Å². The predicted octanol–water partition coefficient (Wildman–Crippen LogP) is 4.44. The molecule has 0 saturated carbocycles. The number of alkyl halides is 1. The van der Waals surface area contributed by atoms with Crippen LogP contribution in [0.3, 0.4) is 0 Å². The first kappa shape index (κ1) is 13.5. The van der Waals surface area contributed by atoms with E-state index in [4.69, 9.17) is 34.8 Å². The molecule has 4 heteroatoms. The standard InChI is InChI=1S/C13H16Cl3N/c1-9-5-6-17(12(9)7-14)8-10-3-2-4-11(15)13(10)16/h2-4,9,12H,5-8H2,1H3. The topological polar surface area (TPSA) is 3.24 Å². The van der Waals surface area contributed by atoms with Gasteiger partial charge in [0.15, 0.2) is 0 Å². The van der Waals surface area contributed by atoms with Gasteiger partial charge >= 0.3 is 0 Å². The van der Waals surface area contributed by atoms with Gasteiger partial charge in [-0.1, -0.05) is 42.3 Å². The summed E-state index contributed by atoms with van der Waals surface area (Å²) >= 11 is 18.3. The molecule has 2 unspecified atom stereocenters. The van der Waals surface area contributed by atoms with Crippen LogP contribution in [0.2, 0.25) is 10.0 Å². The third kappa shape index (κ3) is 2.90. The summed E-state index contributed by atoms with van der Waals surface area (Å²) in [5.74, 6) is 1.34. The minimum Gasteiger partial charge on any atom is -0.295 e. The molecule has 0 radical (unpaired) electrons. The molecule has 1 heterocycles. The first-order valence-corrected chi connectivity index (χ1v) is 7.15. The first-order chi connectivity index (χ1) is 8.13. The molecule has 2 rings (SSSR count). The zero-order valence-electron chi connectivity index (χ0n) is 9.80. The molecule has 1 aliphatic heterocycles. The lowest BCUT2D eigenvalue weighted by atomic mass is 10.0. The Kier molecular flexibility index (Phi) is 4.59. The molecule has 0 N–H and O–H groups in total. The molecule has 1 aromatic carbocycles. The predicted molar refractivity (Wildman–Crippen MR) is 75.2 cm³/mol. The van der Waals surface area contributed by atoms with E-state index >= 15 is 0 Å². The van der Waals surface area contributed by atoms with Crippen molar-refractivity contribution < 1.29 is 0 Å². The summed E-state index contributed by atoms with van der Waals surface area (Å²) in [5, 5.41) is 1.29. The molecule has 17 heavy (non-hydrogen) atoms. The Balaban J connectivity index is 2.13. The second-order valence-electron chi connectivity index (χ2n) is 4.67. The number of benzene rings is 1. The molecule has 1 aromatic rings. The van der Waals surface area contributed by atoms with E-state index in [2.05, 4.69) is 11.8 Å². The van der Waals surface area contributed by atoms with E-state index in [0.29, 0.717) is 27.9 Å². The quantitative estimate of drug-likeness (QED) is 0.744. The minimum atomic E-state index is 0.451. The van der Waals surface area contributed by atoms with Gasteiger partial charge in [0.05, 0.1) is 10.0 Å². The van der Waals surface area contributed by atoms with Gasteiger partial charge in [-0.3, -0.25) is 4.90 Å². The summed E-state index contributed by atoms with van der Waals surface area (Å²) in [5.41, 5.74) is 1.09. The normalized spacial score (nSPS) is 25.4. The third-order valence-electron chi connectivity index (χ3n) is 3.56. The number of nitrogens with zero attached hydrogens (tertiary/aromatic N) is 1. The lowest BCUT2D eigenvalue weighted by molar-refractivity contribution is 0.242. The average Bonchev–Trinajstić information content (AvgIpc) is 2.66. The average molecular weight is 293 g/mol. The van der Waals surface area contributed by atoms with E-state index in [1.54, 1.807) is 0 Å². The Morgan fingerprint density at radius 3 is 2.82 bits per heavy atom. The van der Waals surface area contributed by atoms with Crippen LogP contribution in [0.4, 0.5) is 0 Å². The second kappa shape index (κ2) is 5.79. The van der Waals surface area contributed by atoms with Gasteiger partial charge in [-0.05, 0) is 30.5 Å². The van der Waals surface area contributed by atoms with Gasteiger partial charge in [0, 0.05) is 18.5 Å². The van der Waals surface area contributed by atoms with Crippen LogP contribution in [0.25, 0.3) is 0 Å². The summed E-state index contributed by atoms with van der Waals surface area (Å²) in [7, 11) is 0. The summed E-state index contributed by atoms with van der Waals surface area (Å²) in [6.45, 7) is 4.18. The fraction of sp³-hybridized carbons (Fsp3) is 0.538. The molecular formula is C13H16Cl3N. The molecule has 1 saturated heterocycles. The number of hydrogen-bond acceptors (Lipinski definition) is 1. The van der Waals surface area contributed by atoms with Gasteiger partial charge in [0.1, 0.15) is 0 Å². The van der Waals surface area contributed by atoms with Crippen molar-refractivity contribution in [2.45, 2.75) is 25.9 Å². The van der Waals surface area contributed by atoms with Gasteiger partial charge in [-0.2, -0.15) is 0 Å². The zero-order valence-corrected chi connectivity index (χ0v) is 12.1. The fourth-order valence-electron chi connectivity index (χ4n) is 2.42. The summed E-state index contributed by atoms with van der Waals surface area (Å²) < 4.78 is 0. The van der Waals surface area contributed by atoms with Crippen LogP contribution >= 0.6 is 34.8 Å². The van der Waals surface area contributed by atoms with E-state index < -0.39 is 0 Å². The zero-order chi connectivity index (χ0) is 12.4. The van der Waals surface area contributed by atoms with Crippen molar-refractivity contribution in [3.8, 4) is 0 Å². The van der Waals surface area contributed by atoms with E-state index in [-0.39, 0.29) is 0 Å². The fourth-order valence-corrected chi connectivity index (χ4v) is 3.30. The Morgan fingerprint density at radius 2 is 2.12 bits per heavy atom. The highest BCUT2D eigenvalue weighted by atomic mass is 35.5. The van der Waals surface area contributed by atoms with Crippen molar-refractivity contribution in [1.29, 1.82) is 0 Å². The summed E-state index contributed by atoms with van der Waals surface area (Å²) in [6.07, 6.45) is 1.20. The van der Waals surface area contributed by atoms with Gasteiger partial charge in [-0.25, -0.2) is 0 Å². The number of halogens is 3. The van der Waals surface area contributed by atoms with E-state index in [0.717, 1.165) is 18.7 Å². The lowest BCUT2D eigenvalue weighted by Gasteiger charge is -2.25. The molecule has 0 bridgehead atoms. The van der Waals surface area contributed by atoms with Gasteiger partial charge in [0.25, 0.3) is 0 Å². The molecule has 1 fully saturated rings. The molecule has 1 nitrogen and oxygen atoms in total. The molecule has 0 amide bonds. The smallest absolute Gasteiger partial charge is 0.0637 e. The highest BCUT2D eigenvalue weighted by Gasteiger charge is 2.30. The van der Waals surface area contributed by atoms with Crippen LogP contribution in [-0.4, -0.2) is 23.4 Å². The van der Waals surface area contributed by atoms with Crippen LogP contribution < -0.4 is 0 Å². The second-order valence-corrected chi connectivity index (χ2v) is 5.76. The molecular weight excluding hydrogens is 277 g/mol.